The van der Waals surface area contributed by atoms with E-state index in [2.05, 4.69) is 5.32 Å². The quantitative estimate of drug-likeness (QED) is 0.816. The van der Waals surface area contributed by atoms with Crippen molar-refractivity contribution in [3.63, 3.8) is 0 Å². The Morgan fingerprint density at radius 1 is 1.35 bits per heavy atom. The Bertz CT molecular complexity index is 528. The molecule has 20 heavy (non-hydrogen) atoms. The van der Waals surface area contributed by atoms with Gasteiger partial charge in [0.25, 0.3) is 5.91 Å². The van der Waals surface area contributed by atoms with E-state index in [1.807, 2.05) is 0 Å². The van der Waals surface area contributed by atoms with Crippen molar-refractivity contribution in [3.8, 4) is 5.75 Å². The average Bonchev–Trinajstić information content (AvgIpc) is 3.15. The van der Waals surface area contributed by atoms with Crippen LogP contribution < -0.4 is 10.1 Å². The first kappa shape index (κ1) is 14.3. The fraction of sp³-hybridized carbons (Fsp3) is 0.429. The number of carboxylic acid groups (broad SMARTS) is 1. The van der Waals surface area contributed by atoms with Gasteiger partial charge in [0.2, 0.25) is 0 Å². The third-order valence-electron chi connectivity index (χ3n) is 3.31. The van der Waals surface area contributed by atoms with Crippen LogP contribution in [-0.2, 0) is 4.74 Å². The number of benzene rings is 1. The summed E-state index contributed by atoms with van der Waals surface area (Å²) in [6.45, 7) is 0.608. The van der Waals surface area contributed by atoms with Gasteiger partial charge in [-0.15, -0.1) is 0 Å². The number of ether oxygens (including phenoxy) is 2. The molecule has 1 fully saturated rings. The molecule has 2 rings (SSSR count). The van der Waals surface area contributed by atoms with Gasteiger partial charge in [0.1, 0.15) is 11.3 Å². The Labute approximate surface area is 116 Å². The maximum atomic E-state index is 12.2. The molecule has 108 valence electrons. The van der Waals surface area contributed by atoms with E-state index in [0.29, 0.717) is 12.5 Å². The molecular formula is C14H17NO5. The summed E-state index contributed by atoms with van der Waals surface area (Å²) < 4.78 is 10.1. The lowest BCUT2D eigenvalue weighted by Crippen LogP contribution is -2.28. The van der Waals surface area contributed by atoms with Gasteiger partial charge >= 0.3 is 5.97 Å². The third-order valence-corrected chi connectivity index (χ3v) is 3.31. The SMILES string of the molecule is COC[C@H]1C[C@@H]1NC(=O)c1cccc(C(=O)O)c1OC. The second-order valence-corrected chi connectivity index (χ2v) is 4.72. The summed E-state index contributed by atoms with van der Waals surface area (Å²) in [5.41, 5.74) is 0.208. The lowest BCUT2D eigenvalue weighted by Gasteiger charge is -2.11. The molecule has 0 radical (unpaired) electrons. The molecule has 0 aliphatic heterocycles. The van der Waals surface area contributed by atoms with Crippen LogP contribution in [-0.4, -0.2) is 43.9 Å². The molecule has 1 saturated carbocycles. The van der Waals surface area contributed by atoms with Crippen molar-refractivity contribution in [2.45, 2.75) is 12.5 Å². The number of methoxy groups -OCH3 is 2. The van der Waals surface area contributed by atoms with E-state index in [1.165, 1.54) is 19.2 Å². The number of carbonyl (C=O) groups is 2. The number of nitrogens with one attached hydrogen (secondary N) is 1. The number of carbonyl (C=O) groups excluding carboxylic acids is 1. The highest BCUT2D eigenvalue weighted by atomic mass is 16.5. The highest BCUT2D eigenvalue weighted by Gasteiger charge is 2.38. The number of aromatic carboxylic acids is 1. The van der Waals surface area contributed by atoms with Crippen LogP contribution in [0.4, 0.5) is 0 Å². The molecule has 0 spiro atoms. The van der Waals surface area contributed by atoms with Crippen molar-refractivity contribution in [3.05, 3.63) is 29.3 Å². The summed E-state index contributed by atoms with van der Waals surface area (Å²) in [4.78, 5) is 23.3. The predicted molar refractivity (Wildman–Crippen MR) is 71.2 cm³/mol. The van der Waals surface area contributed by atoms with Gasteiger partial charge in [0.15, 0.2) is 0 Å². The van der Waals surface area contributed by atoms with Crippen LogP contribution in [0.3, 0.4) is 0 Å². The first-order valence-corrected chi connectivity index (χ1v) is 6.28. The topological polar surface area (TPSA) is 84.9 Å². The minimum atomic E-state index is -1.12. The fourth-order valence-electron chi connectivity index (χ4n) is 2.17. The van der Waals surface area contributed by atoms with Gasteiger partial charge in [-0.1, -0.05) is 6.07 Å². The van der Waals surface area contributed by atoms with Gasteiger partial charge in [0, 0.05) is 19.1 Å². The molecule has 6 heteroatoms. The van der Waals surface area contributed by atoms with Crippen LogP contribution >= 0.6 is 0 Å². The molecule has 2 N–H and O–H groups in total. The highest BCUT2D eigenvalue weighted by molar-refractivity contribution is 6.02. The average molecular weight is 279 g/mol. The molecule has 0 heterocycles. The van der Waals surface area contributed by atoms with E-state index in [-0.39, 0.29) is 28.8 Å². The Morgan fingerprint density at radius 3 is 2.65 bits per heavy atom. The molecule has 0 aromatic heterocycles. The monoisotopic (exact) mass is 279 g/mol. The second-order valence-electron chi connectivity index (χ2n) is 4.72. The van der Waals surface area contributed by atoms with E-state index < -0.39 is 5.97 Å². The number of rotatable bonds is 6. The van der Waals surface area contributed by atoms with Crippen LogP contribution in [0.15, 0.2) is 18.2 Å². The Hall–Kier alpha value is -2.08. The maximum absolute atomic E-state index is 12.2. The number of amides is 1. The zero-order chi connectivity index (χ0) is 14.7. The van der Waals surface area contributed by atoms with Crippen LogP contribution in [0.1, 0.15) is 27.1 Å². The molecule has 1 aromatic carbocycles. The van der Waals surface area contributed by atoms with Crippen molar-refractivity contribution in [2.24, 2.45) is 5.92 Å². The molecule has 6 nitrogen and oxygen atoms in total. The summed E-state index contributed by atoms with van der Waals surface area (Å²) in [7, 11) is 2.97. The first-order chi connectivity index (χ1) is 9.58. The Kier molecular flexibility index (Phi) is 4.24. The minimum Gasteiger partial charge on any atom is -0.495 e. The highest BCUT2D eigenvalue weighted by Crippen LogP contribution is 2.31. The van der Waals surface area contributed by atoms with Crippen LogP contribution in [0.25, 0.3) is 0 Å². The van der Waals surface area contributed by atoms with E-state index >= 15 is 0 Å². The normalized spacial score (nSPS) is 20.3. The third kappa shape index (κ3) is 2.91. The lowest BCUT2D eigenvalue weighted by molar-refractivity contribution is 0.0693. The van der Waals surface area contributed by atoms with Crippen molar-refractivity contribution < 1.29 is 24.2 Å². The molecule has 0 unspecified atom stereocenters. The molecule has 0 saturated heterocycles. The van der Waals surface area contributed by atoms with Gasteiger partial charge in [0.05, 0.1) is 19.3 Å². The van der Waals surface area contributed by atoms with E-state index in [4.69, 9.17) is 14.6 Å². The summed E-state index contributed by atoms with van der Waals surface area (Å²) in [5, 5.41) is 11.9. The minimum absolute atomic E-state index is 0.0237. The summed E-state index contributed by atoms with van der Waals surface area (Å²) >= 11 is 0. The Balaban J connectivity index is 2.14. The molecule has 0 bridgehead atoms. The van der Waals surface area contributed by atoms with Gasteiger partial charge < -0.3 is 19.9 Å². The fourth-order valence-corrected chi connectivity index (χ4v) is 2.17. The van der Waals surface area contributed by atoms with Crippen LogP contribution in [0, 0.1) is 5.92 Å². The summed E-state index contributed by atoms with van der Waals surface area (Å²) in [6.07, 6.45) is 0.876. The number of carboxylic acids is 1. The van der Waals surface area contributed by atoms with Crippen molar-refractivity contribution in [1.82, 2.24) is 5.32 Å². The first-order valence-electron chi connectivity index (χ1n) is 6.28. The molecule has 2 atom stereocenters. The van der Waals surface area contributed by atoms with Gasteiger partial charge in [-0.05, 0) is 18.6 Å². The van der Waals surface area contributed by atoms with E-state index in [0.717, 1.165) is 6.42 Å². The summed E-state index contributed by atoms with van der Waals surface area (Å²) in [6, 6.07) is 4.57. The van der Waals surface area contributed by atoms with E-state index in [9.17, 15) is 9.59 Å². The summed E-state index contributed by atoms with van der Waals surface area (Å²) in [5.74, 6) is -1.03. The standard InChI is InChI=1S/C14H17NO5/c1-19-7-8-6-11(8)15-13(16)9-4-3-5-10(14(17)18)12(9)20-2/h3-5,8,11H,6-7H2,1-2H3,(H,15,16)(H,17,18)/t8-,11+/m1/s1. The largest absolute Gasteiger partial charge is 0.495 e. The number of hydrogen-bond donors (Lipinski definition) is 2. The van der Waals surface area contributed by atoms with Gasteiger partial charge in [-0.25, -0.2) is 4.79 Å². The second kappa shape index (κ2) is 5.92. The van der Waals surface area contributed by atoms with Gasteiger partial charge in [-0.3, -0.25) is 4.79 Å². The van der Waals surface area contributed by atoms with Crippen molar-refractivity contribution in [1.29, 1.82) is 0 Å². The predicted octanol–water partition coefficient (Wildman–Crippen LogP) is 1.16. The number of hydrogen-bond acceptors (Lipinski definition) is 4. The van der Waals surface area contributed by atoms with Crippen LogP contribution in [0.2, 0.25) is 0 Å². The molecule has 1 amide bonds. The zero-order valence-electron chi connectivity index (χ0n) is 11.4. The smallest absolute Gasteiger partial charge is 0.339 e. The van der Waals surface area contributed by atoms with Gasteiger partial charge in [-0.2, -0.15) is 0 Å². The number of para-hydroxylation sites is 1. The van der Waals surface area contributed by atoms with E-state index in [1.54, 1.807) is 13.2 Å². The lowest BCUT2D eigenvalue weighted by atomic mass is 10.1. The zero-order valence-corrected chi connectivity index (χ0v) is 11.4. The van der Waals surface area contributed by atoms with Crippen molar-refractivity contribution in [2.75, 3.05) is 20.8 Å². The van der Waals surface area contributed by atoms with Crippen molar-refractivity contribution >= 4 is 11.9 Å². The van der Waals surface area contributed by atoms with Crippen LogP contribution in [0.5, 0.6) is 5.75 Å². The maximum Gasteiger partial charge on any atom is 0.339 e. The molecule has 1 aliphatic rings. The Morgan fingerprint density at radius 2 is 2.05 bits per heavy atom. The molecular weight excluding hydrogens is 262 g/mol. The molecule has 1 aliphatic carbocycles. The molecule has 1 aromatic rings.